The molecule has 110 valence electrons. The van der Waals surface area contributed by atoms with Gasteiger partial charge in [-0.3, -0.25) is 0 Å². The number of nitrogens with one attached hydrogen (secondary N) is 1. The Bertz CT molecular complexity index is 486. The van der Waals surface area contributed by atoms with Crippen LogP contribution in [0.2, 0.25) is 0 Å². The number of carbonyl (C=O) groups is 1. The summed E-state index contributed by atoms with van der Waals surface area (Å²) < 4.78 is 37.7. The fourth-order valence-electron chi connectivity index (χ4n) is 1.94. The first-order valence-corrected chi connectivity index (χ1v) is 6.37. The maximum absolute atomic E-state index is 12.6. The van der Waals surface area contributed by atoms with Crippen molar-refractivity contribution in [2.45, 2.75) is 25.1 Å². The van der Waals surface area contributed by atoms with E-state index in [1.165, 1.54) is 12.1 Å². The van der Waals surface area contributed by atoms with Crippen LogP contribution in [0.15, 0.2) is 24.3 Å². The Morgan fingerprint density at radius 1 is 1.40 bits per heavy atom. The number of halogens is 3. The van der Waals surface area contributed by atoms with Crippen LogP contribution >= 0.6 is 0 Å². The van der Waals surface area contributed by atoms with Gasteiger partial charge in [0.05, 0.1) is 5.56 Å². The summed E-state index contributed by atoms with van der Waals surface area (Å²) >= 11 is 0. The van der Waals surface area contributed by atoms with Crippen molar-refractivity contribution in [1.82, 2.24) is 4.90 Å². The molecule has 7 heteroatoms. The minimum absolute atomic E-state index is 0.132. The Morgan fingerprint density at radius 3 is 2.65 bits per heavy atom. The largest absolute Gasteiger partial charge is 0.416 e. The molecule has 3 N–H and O–H groups in total. The standard InChI is InChI=1S/C13H16F3N3O/c14-13(15,16)9-2-1-3-10(8-9)18-12(20)19(7-6-17)11-4-5-11/h1-3,8,11H,4-7,17H2,(H,18,20). The third-order valence-electron chi connectivity index (χ3n) is 3.06. The van der Waals surface area contributed by atoms with E-state index in [4.69, 9.17) is 5.73 Å². The summed E-state index contributed by atoms with van der Waals surface area (Å²) in [6.45, 7) is 0.724. The molecule has 1 aromatic carbocycles. The molecule has 1 aliphatic rings. The first-order valence-electron chi connectivity index (χ1n) is 6.37. The Kier molecular flexibility index (Phi) is 4.17. The van der Waals surface area contributed by atoms with E-state index in [0.29, 0.717) is 13.1 Å². The summed E-state index contributed by atoms with van der Waals surface area (Å²) in [4.78, 5) is 13.6. The molecule has 1 fully saturated rings. The Balaban J connectivity index is 2.07. The number of hydrogen-bond acceptors (Lipinski definition) is 2. The fourth-order valence-corrected chi connectivity index (χ4v) is 1.94. The SMILES string of the molecule is NCCN(C(=O)Nc1cccc(C(F)(F)F)c1)C1CC1. The van der Waals surface area contributed by atoms with Gasteiger partial charge in [-0.15, -0.1) is 0 Å². The number of nitrogens with zero attached hydrogens (tertiary/aromatic N) is 1. The Labute approximate surface area is 114 Å². The van der Waals surface area contributed by atoms with Crippen LogP contribution in [0.25, 0.3) is 0 Å². The van der Waals surface area contributed by atoms with Gasteiger partial charge in [-0.2, -0.15) is 13.2 Å². The van der Waals surface area contributed by atoms with Gasteiger partial charge in [0, 0.05) is 24.8 Å². The van der Waals surface area contributed by atoms with Crippen molar-refractivity contribution in [3.05, 3.63) is 29.8 Å². The summed E-state index contributed by atoms with van der Waals surface area (Å²) in [5.41, 5.74) is 4.78. The summed E-state index contributed by atoms with van der Waals surface area (Å²) in [6.07, 6.45) is -2.60. The van der Waals surface area contributed by atoms with Crippen LogP contribution in [-0.4, -0.2) is 30.1 Å². The molecule has 0 spiro atoms. The van der Waals surface area contributed by atoms with Gasteiger partial charge in [-0.25, -0.2) is 4.79 Å². The number of alkyl halides is 3. The predicted octanol–water partition coefficient (Wildman–Crippen LogP) is 2.66. The molecule has 1 saturated carbocycles. The van der Waals surface area contributed by atoms with E-state index in [-0.39, 0.29) is 11.7 Å². The number of hydrogen-bond donors (Lipinski definition) is 2. The highest BCUT2D eigenvalue weighted by Crippen LogP contribution is 2.31. The molecule has 0 heterocycles. The number of rotatable bonds is 4. The van der Waals surface area contributed by atoms with Gasteiger partial charge in [0.15, 0.2) is 0 Å². The monoisotopic (exact) mass is 287 g/mol. The van der Waals surface area contributed by atoms with Crippen LogP contribution in [-0.2, 0) is 6.18 Å². The first kappa shape index (κ1) is 14.6. The van der Waals surface area contributed by atoms with Crippen molar-refractivity contribution >= 4 is 11.7 Å². The Morgan fingerprint density at radius 2 is 2.10 bits per heavy atom. The minimum atomic E-state index is -4.42. The zero-order chi connectivity index (χ0) is 14.8. The maximum Gasteiger partial charge on any atom is 0.416 e. The average molecular weight is 287 g/mol. The molecule has 2 rings (SSSR count). The van der Waals surface area contributed by atoms with Gasteiger partial charge in [-0.1, -0.05) is 6.07 Å². The molecule has 0 aromatic heterocycles. The average Bonchev–Trinajstić information content (AvgIpc) is 3.19. The predicted molar refractivity (Wildman–Crippen MR) is 69.2 cm³/mol. The van der Waals surface area contributed by atoms with Crippen LogP contribution in [0.4, 0.5) is 23.7 Å². The van der Waals surface area contributed by atoms with Gasteiger partial charge in [0.2, 0.25) is 0 Å². The van der Waals surface area contributed by atoms with E-state index in [1.54, 1.807) is 4.90 Å². The molecule has 4 nitrogen and oxygen atoms in total. The van der Waals surface area contributed by atoms with Gasteiger partial charge in [-0.05, 0) is 31.0 Å². The van der Waals surface area contributed by atoms with Crippen molar-refractivity contribution < 1.29 is 18.0 Å². The topological polar surface area (TPSA) is 58.4 Å². The van der Waals surface area contributed by atoms with Gasteiger partial charge >= 0.3 is 12.2 Å². The third kappa shape index (κ3) is 3.63. The molecule has 0 atom stereocenters. The first-order chi connectivity index (χ1) is 9.41. The van der Waals surface area contributed by atoms with Crippen LogP contribution in [0.1, 0.15) is 18.4 Å². The molecule has 0 unspecified atom stereocenters. The Hall–Kier alpha value is -1.76. The van der Waals surface area contributed by atoms with Crippen molar-refractivity contribution in [2.24, 2.45) is 5.73 Å². The van der Waals surface area contributed by atoms with E-state index < -0.39 is 17.8 Å². The lowest BCUT2D eigenvalue weighted by molar-refractivity contribution is -0.137. The second-order valence-electron chi connectivity index (χ2n) is 4.72. The number of urea groups is 1. The minimum Gasteiger partial charge on any atom is -0.329 e. The highest BCUT2D eigenvalue weighted by Gasteiger charge is 2.33. The van der Waals surface area contributed by atoms with E-state index in [9.17, 15) is 18.0 Å². The molecule has 2 amide bonds. The van der Waals surface area contributed by atoms with Gasteiger partial charge in [0.1, 0.15) is 0 Å². The summed E-state index contributed by atoms with van der Waals surface area (Å²) in [6, 6.07) is 4.34. The highest BCUT2D eigenvalue weighted by atomic mass is 19.4. The normalized spacial score (nSPS) is 15.0. The third-order valence-corrected chi connectivity index (χ3v) is 3.06. The number of nitrogens with two attached hydrogens (primary N) is 1. The maximum atomic E-state index is 12.6. The lowest BCUT2D eigenvalue weighted by atomic mass is 10.2. The molecule has 20 heavy (non-hydrogen) atoms. The van der Waals surface area contributed by atoms with Crippen LogP contribution < -0.4 is 11.1 Å². The van der Waals surface area contributed by atoms with Crippen molar-refractivity contribution in [3.8, 4) is 0 Å². The molecular weight excluding hydrogens is 271 g/mol. The zero-order valence-corrected chi connectivity index (χ0v) is 10.8. The fraction of sp³-hybridized carbons (Fsp3) is 0.462. The van der Waals surface area contributed by atoms with Crippen molar-refractivity contribution in [2.75, 3.05) is 18.4 Å². The molecule has 0 radical (unpaired) electrons. The van der Waals surface area contributed by atoms with Gasteiger partial charge < -0.3 is 16.0 Å². The number of anilines is 1. The summed E-state index contributed by atoms with van der Waals surface area (Å²) in [5.74, 6) is 0. The summed E-state index contributed by atoms with van der Waals surface area (Å²) in [5, 5.41) is 2.49. The van der Waals surface area contributed by atoms with Crippen LogP contribution in [0.3, 0.4) is 0 Å². The van der Waals surface area contributed by atoms with Crippen molar-refractivity contribution in [1.29, 1.82) is 0 Å². The van der Waals surface area contributed by atoms with E-state index >= 15 is 0 Å². The lowest BCUT2D eigenvalue weighted by Gasteiger charge is -2.22. The highest BCUT2D eigenvalue weighted by molar-refractivity contribution is 5.89. The summed E-state index contributed by atoms with van der Waals surface area (Å²) in [7, 11) is 0. The quantitative estimate of drug-likeness (QED) is 0.894. The molecular formula is C13H16F3N3O. The molecule has 0 bridgehead atoms. The molecule has 0 saturated heterocycles. The molecule has 0 aliphatic heterocycles. The van der Waals surface area contributed by atoms with Crippen LogP contribution in [0.5, 0.6) is 0 Å². The lowest BCUT2D eigenvalue weighted by Crippen LogP contribution is -2.40. The van der Waals surface area contributed by atoms with Crippen LogP contribution in [0, 0.1) is 0 Å². The van der Waals surface area contributed by atoms with E-state index in [0.717, 1.165) is 25.0 Å². The number of benzene rings is 1. The van der Waals surface area contributed by atoms with Gasteiger partial charge in [0.25, 0.3) is 0 Å². The second kappa shape index (κ2) is 5.70. The molecule has 1 aliphatic carbocycles. The molecule has 1 aromatic rings. The smallest absolute Gasteiger partial charge is 0.329 e. The van der Waals surface area contributed by atoms with E-state index in [2.05, 4.69) is 5.32 Å². The van der Waals surface area contributed by atoms with Crippen molar-refractivity contribution in [3.63, 3.8) is 0 Å². The number of amides is 2. The van der Waals surface area contributed by atoms with E-state index in [1.807, 2.05) is 0 Å². The second-order valence-corrected chi connectivity index (χ2v) is 4.72. The zero-order valence-electron chi connectivity index (χ0n) is 10.8. The number of carbonyl (C=O) groups excluding carboxylic acids is 1.